The number of anilines is 2. The van der Waals surface area contributed by atoms with Crippen LogP contribution in [0.1, 0.15) is 12.8 Å². The van der Waals surface area contributed by atoms with Crippen LogP contribution < -0.4 is 21.3 Å². The molecular weight excluding hydrogens is 368 g/mol. The molecule has 1 aromatic carbocycles. The summed E-state index contributed by atoms with van der Waals surface area (Å²) in [6.07, 6.45) is 5.37. The Morgan fingerprint density at radius 1 is 1.07 bits per heavy atom. The van der Waals surface area contributed by atoms with Crippen molar-refractivity contribution in [1.82, 2.24) is 19.9 Å². The average molecular weight is 386 g/mol. The van der Waals surface area contributed by atoms with Gasteiger partial charge in [-0.3, -0.25) is 9.78 Å². The summed E-state index contributed by atoms with van der Waals surface area (Å²) < 4.78 is 5.83. The van der Waals surface area contributed by atoms with Crippen LogP contribution in [0, 0.1) is 0 Å². The maximum Gasteiger partial charge on any atom is 0.261 e. The largest absolute Gasteiger partial charge is 0.457 e. The Labute approximate surface area is 165 Å². The molecule has 0 bridgehead atoms. The Morgan fingerprint density at radius 2 is 1.93 bits per heavy atom. The van der Waals surface area contributed by atoms with Crippen LogP contribution in [0.3, 0.4) is 0 Å². The Bertz CT molecular complexity index is 1270. The topological polar surface area (TPSA) is 119 Å². The van der Waals surface area contributed by atoms with Crippen LogP contribution >= 0.6 is 0 Å². The Balaban J connectivity index is 1.42. The SMILES string of the molecule is Nc1cc(Oc2ccc3nc(-c4cnc(NC5CC5)[nH]c4=O)ccc3c2)ccn1. The van der Waals surface area contributed by atoms with E-state index in [1.807, 2.05) is 24.3 Å². The molecule has 0 amide bonds. The van der Waals surface area contributed by atoms with Crippen molar-refractivity contribution in [2.75, 3.05) is 11.1 Å². The molecule has 0 unspecified atom stereocenters. The molecule has 0 spiro atoms. The maximum absolute atomic E-state index is 12.5. The Kier molecular flexibility index (Phi) is 4.09. The van der Waals surface area contributed by atoms with Gasteiger partial charge in [-0.25, -0.2) is 15.0 Å². The molecule has 3 heterocycles. The van der Waals surface area contributed by atoms with Gasteiger partial charge >= 0.3 is 0 Å². The highest BCUT2D eigenvalue weighted by atomic mass is 16.5. The van der Waals surface area contributed by atoms with Gasteiger partial charge in [0.1, 0.15) is 17.3 Å². The summed E-state index contributed by atoms with van der Waals surface area (Å²) in [5.41, 5.74) is 7.22. The number of hydrogen-bond donors (Lipinski definition) is 3. The minimum Gasteiger partial charge on any atom is -0.457 e. The average Bonchev–Trinajstić information content (AvgIpc) is 3.52. The minimum atomic E-state index is -0.217. The van der Waals surface area contributed by atoms with Crippen LogP contribution in [0.2, 0.25) is 0 Å². The molecule has 29 heavy (non-hydrogen) atoms. The van der Waals surface area contributed by atoms with Gasteiger partial charge in [-0.05, 0) is 43.2 Å². The fourth-order valence-corrected chi connectivity index (χ4v) is 3.02. The molecule has 3 aromatic heterocycles. The second-order valence-electron chi connectivity index (χ2n) is 6.96. The number of pyridine rings is 2. The second kappa shape index (κ2) is 6.90. The van der Waals surface area contributed by atoms with Crippen molar-refractivity contribution in [2.45, 2.75) is 18.9 Å². The summed E-state index contributed by atoms with van der Waals surface area (Å²) in [6, 6.07) is 13.1. The highest BCUT2D eigenvalue weighted by Crippen LogP contribution is 2.27. The summed E-state index contributed by atoms with van der Waals surface area (Å²) >= 11 is 0. The van der Waals surface area contributed by atoms with Gasteiger partial charge in [0.2, 0.25) is 5.95 Å². The maximum atomic E-state index is 12.5. The molecule has 0 aliphatic heterocycles. The zero-order valence-electron chi connectivity index (χ0n) is 15.4. The van der Waals surface area contributed by atoms with E-state index in [1.54, 1.807) is 30.6 Å². The van der Waals surface area contributed by atoms with Gasteiger partial charge < -0.3 is 15.8 Å². The summed E-state index contributed by atoms with van der Waals surface area (Å²) in [5, 5.41) is 4.08. The first-order chi connectivity index (χ1) is 14.1. The fourth-order valence-electron chi connectivity index (χ4n) is 3.02. The smallest absolute Gasteiger partial charge is 0.261 e. The second-order valence-corrected chi connectivity index (χ2v) is 6.96. The quantitative estimate of drug-likeness (QED) is 0.481. The summed E-state index contributed by atoms with van der Waals surface area (Å²) in [7, 11) is 0. The third-order valence-electron chi connectivity index (χ3n) is 4.64. The number of nitrogens with one attached hydrogen (secondary N) is 2. The number of hydrogen-bond acceptors (Lipinski definition) is 7. The van der Waals surface area contributed by atoms with Crippen LogP contribution in [0.15, 0.2) is 59.7 Å². The van der Waals surface area contributed by atoms with Gasteiger partial charge in [-0.1, -0.05) is 6.07 Å². The number of ether oxygens (including phenoxy) is 1. The van der Waals surface area contributed by atoms with Crippen LogP contribution in [0.5, 0.6) is 11.5 Å². The number of aromatic amines is 1. The van der Waals surface area contributed by atoms with E-state index in [4.69, 9.17) is 10.5 Å². The zero-order valence-corrected chi connectivity index (χ0v) is 15.4. The third-order valence-corrected chi connectivity index (χ3v) is 4.64. The van der Waals surface area contributed by atoms with Crippen molar-refractivity contribution in [3.63, 3.8) is 0 Å². The van der Waals surface area contributed by atoms with E-state index in [9.17, 15) is 4.79 Å². The van der Waals surface area contributed by atoms with Crippen molar-refractivity contribution in [1.29, 1.82) is 0 Å². The summed E-state index contributed by atoms with van der Waals surface area (Å²) in [5.74, 6) is 2.17. The van der Waals surface area contributed by atoms with Crippen LogP contribution in [-0.2, 0) is 0 Å². The summed E-state index contributed by atoms with van der Waals surface area (Å²) in [4.78, 5) is 28.1. The first-order valence-corrected chi connectivity index (χ1v) is 9.30. The lowest BCUT2D eigenvalue weighted by molar-refractivity contribution is 0.483. The molecular formula is C21H18N6O2. The van der Waals surface area contributed by atoms with Gasteiger partial charge in [0.15, 0.2) is 0 Å². The van der Waals surface area contributed by atoms with Gasteiger partial charge in [0.05, 0.1) is 16.8 Å². The zero-order chi connectivity index (χ0) is 19.8. The first-order valence-electron chi connectivity index (χ1n) is 9.30. The van der Waals surface area contributed by atoms with E-state index in [-0.39, 0.29) is 5.56 Å². The van der Waals surface area contributed by atoms with Gasteiger partial charge in [0, 0.05) is 29.9 Å². The molecule has 1 aliphatic carbocycles. The lowest BCUT2D eigenvalue weighted by Crippen LogP contribution is -2.15. The van der Waals surface area contributed by atoms with Crippen molar-refractivity contribution < 1.29 is 4.74 Å². The molecule has 8 nitrogen and oxygen atoms in total. The Hall–Kier alpha value is -3.94. The van der Waals surface area contributed by atoms with Crippen molar-refractivity contribution in [2.24, 2.45) is 0 Å². The molecule has 4 N–H and O–H groups in total. The molecule has 0 atom stereocenters. The van der Waals surface area contributed by atoms with E-state index in [2.05, 4.69) is 25.3 Å². The van der Waals surface area contributed by atoms with Crippen molar-refractivity contribution >= 4 is 22.7 Å². The number of nitrogen functional groups attached to an aromatic ring is 1. The monoisotopic (exact) mass is 386 g/mol. The number of nitrogens with two attached hydrogens (primary N) is 1. The minimum absolute atomic E-state index is 0.217. The lowest BCUT2D eigenvalue weighted by Gasteiger charge is -2.08. The van der Waals surface area contributed by atoms with Crippen molar-refractivity contribution in [3.05, 3.63) is 65.2 Å². The normalized spacial score (nSPS) is 13.4. The van der Waals surface area contributed by atoms with Gasteiger partial charge in [-0.15, -0.1) is 0 Å². The lowest BCUT2D eigenvalue weighted by atomic mass is 10.1. The predicted octanol–water partition coefficient (Wildman–Crippen LogP) is 3.33. The van der Waals surface area contributed by atoms with E-state index in [1.165, 1.54) is 0 Å². The van der Waals surface area contributed by atoms with E-state index >= 15 is 0 Å². The highest BCUT2D eigenvalue weighted by molar-refractivity contribution is 5.82. The molecule has 144 valence electrons. The molecule has 1 saturated carbocycles. The number of benzene rings is 1. The van der Waals surface area contributed by atoms with Gasteiger partial charge in [0.25, 0.3) is 5.56 Å². The predicted molar refractivity (Wildman–Crippen MR) is 111 cm³/mol. The molecule has 4 aromatic rings. The van der Waals surface area contributed by atoms with Crippen molar-refractivity contribution in [3.8, 4) is 22.8 Å². The Morgan fingerprint density at radius 3 is 2.72 bits per heavy atom. The molecule has 0 radical (unpaired) electrons. The standard InChI is InChI=1S/C21H18N6O2/c22-19-10-15(7-8-23-19)29-14-4-6-17-12(9-14)1-5-18(26-17)16-11-24-21(27-20(16)28)25-13-2-3-13/h1,4-11,13H,2-3H2,(H2,22,23)(H2,24,25,27,28). The molecule has 5 rings (SSSR count). The molecule has 1 fully saturated rings. The molecule has 0 saturated heterocycles. The number of H-pyrrole nitrogens is 1. The highest BCUT2D eigenvalue weighted by Gasteiger charge is 2.21. The molecule has 1 aliphatic rings. The van der Waals surface area contributed by atoms with E-state index < -0.39 is 0 Å². The van der Waals surface area contributed by atoms with E-state index in [0.29, 0.717) is 40.6 Å². The molecule has 8 heteroatoms. The van der Waals surface area contributed by atoms with Crippen LogP contribution in [-0.4, -0.2) is 26.0 Å². The fraction of sp³-hybridized carbons (Fsp3) is 0.143. The summed E-state index contributed by atoms with van der Waals surface area (Å²) in [6.45, 7) is 0. The van der Waals surface area contributed by atoms with Crippen LogP contribution in [0.25, 0.3) is 22.2 Å². The van der Waals surface area contributed by atoms with Crippen LogP contribution in [0.4, 0.5) is 11.8 Å². The number of aromatic nitrogens is 4. The van der Waals surface area contributed by atoms with E-state index in [0.717, 1.165) is 23.7 Å². The number of nitrogens with zero attached hydrogens (tertiary/aromatic N) is 3. The third kappa shape index (κ3) is 3.73. The van der Waals surface area contributed by atoms with Gasteiger partial charge in [-0.2, -0.15) is 0 Å². The first kappa shape index (κ1) is 17.2. The number of rotatable bonds is 5. The number of fused-ring (bicyclic) bond motifs is 1.